The molecular weight excluding hydrogens is 429 g/mol. The van der Waals surface area contributed by atoms with E-state index in [1.807, 2.05) is 43.3 Å². The average Bonchev–Trinajstić information content (AvgIpc) is 2.81. The molecule has 0 aliphatic rings. The lowest BCUT2D eigenvalue weighted by Gasteiger charge is -2.12. The summed E-state index contributed by atoms with van der Waals surface area (Å²) in [5.74, 6) is 1.30. The van der Waals surface area contributed by atoms with E-state index in [1.54, 1.807) is 25.3 Å². The predicted octanol–water partition coefficient (Wildman–Crippen LogP) is 6.35. The summed E-state index contributed by atoms with van der Waals surface area (Å²) in [5.41, 5.74) is 4.73. The van der Waals surface area contributed by atoms with Crippen molar-refractivity contribution in [1.29, 1.82) is 0 Å². The zero-order valence-electron chi connectivity index (χ0n) is 19.3. The third-order valence-electron chi connectivity index (χ3n) is 5.77. The summed E-state index contributed by atoms with van der Waals surface area (Å²) in [6.07, 6.45) is 3.50. The van der Waals surface area contributed by atoms with Crippen LogP contribution in [0.1, 0.15) is 35.6 Å². The molecule has 0 fully saturated rings. The first-order valence-corrected chi connectivity index (χ1v) is 11.3. The lowest BCUT2D eigenvalue weighted by atomic mass is 10.00. The van der Waals surface area contributed by atoms with Gasteiger partial charge in [-0.15, -0.1) is 0 Å². The molecule has 0 atom stereocenters. The topological polar surface area (TPSA) is 56.3 Å². The molecule has 0 saturated carbocycles. The number of hydrogen-bond acceptors (Lipinski definition) is 4. The molecule has 0 N–H and O–H groups in total. The Hall–Kier alpha value is -3.86. The van der Waals surface area contributed by atoms with Crippen LogP contribution in [-0.2, 0) is 28.9 Å². The molecule has 1 aromatic heterocycles. The van der Waals surface area contributed by atoms with Gasteiger partial charge in [0.15, 0.2) is 0 Å². The predicted molar refractivity (Wildman–Crippen MR) is 131 cm³/mol. The number of fused-ring (bicyclic) bond motifs is 1. The van der Waals surface area contributed by atoms with Crippen LogP contribution >= 0.6 is 0 Å². The highest BCUT2D eigenvalue weighted by molar-refractivity contribution is 5.87. The molecule has 0 radical (unpaired) electrons. The van der Waals surface area contributed by atoms with E-state index < -0.39 is 0 Å². The number of aromatic nitrogens is 1. The molecule has 3 aromatic carbocycles. The zero-order chi connectivity index (χ0) is 24.1. The smallest absolute Gasteiger partial charge is 0.141 e. The minimum absolute atomic E-state index is 0.0662. The Morgan fingerprint density at radius 1 is 0.912 bits per heavy atom. The second-order valence-corrected chi connectivity index (χ2v) is 8.57. The summed E-state index contributed by atoms with van der Waals surface area (Å²) in [7, 11) is 0. The van der Waals surface area contributed by atoms with Crippen LogP contribution in [0.4, 0.5) is 4.39 Å². The fourth-order valence-electron chi connectivity index (χ4n) is 3.91. The number of benzene rings is 3. The lowest BCUT2D eigenvalue weighted by molar-refractivity contribution is -0.118. The first kappa shape index (κ1) is 23.3. The summed E-state index contributed by atoms with van der Waals surface area (Å²) in [6, 6.07) is 19.4. The first-order valence-electron chi connectivity index (χ1n) is 11.3. The van der Waals surface area contributed by atoms with Gasteiger partial charge >= 0.3 is 0 Å². The van der Waals surface area contributed by atoms with Gasteiger partial charge in [-0.05, 0) is 85.0 Å². The number of rotatable bonds is 9. The first-order chi connectivity index (χ1) is 16.4. The fourth-order valence-corrected chi connectivity index (χ4v) is 3.91. The molecule has 1 heterocycles. The number of Topliss-reactive ketones (excluding diaryl/α,β-unsaturated/α-hetero) is 2. The number of hydrogen-bond donors (Lipinski definition) is 0. The van der Waals surface area contributed by atoms with Gasteiger partial charge in [0.2, 0.25) is 0 Å². The quantitative estimate of drug-likeness (QED) is 0.295. The van der Waals surface area contributed by atoms with Crippen molar-refractivity contribution in [3.63, 3.8) is 0 Å². The van der Waals surface area contributed by atoms with Gasteiger partial charge < -0.3 is 9.53 Å². The third kappa shape index (κ3) is 5.93. The molecule has 4 nitrogen and oxygen atoms in total. The highest BCUT2D eigenvalue weighted by atomic mass is 19.1. The minimum atomic E-state index is -0.308. The maximum Gasteiger partial charge on any atom is 0.141 e. The van der Waals surface area contributed by atoms with Crippen molar-refractivity contribution >= 4 is 22.5 Å². The fraction of sp³-hybridized carbons (Fsp3) is 0.207. The summed E-state index contributed by atoms with van der Waals surface area (Å²) < 4.78 is 19.2. The Morgan fingerprint density at radius 3 is 2.21 bits per heavy atom. The van der Waals surface area contributed by atoms with E-state index in [1.165, 1.54) is 12.1 Å². The van der Waals surface area contributed by atoms with E-state index in [0.717, 1.165) is 33.2 Å². The van der Waals surface area contributed by atoms with Gasteiger partial charge in [-0.1, -0.05) is 24.3 Å². The average molecular weight is 456 g/mol. The van der Waals surface area contributed by atoms with Crippen LogP contribution < -0.4 is 4.74 Å². The van der Waals surface area contributed by atoms with Crippen LogP contribution in [0.3, 0.4) is 0 Å². The second-order valence-electron chi connectivity index (χ2n) is 8.57. The molecule has 0 saturated heterocycles. The Bertz CT molecular complexity index is 1330. The number of halogens is 1. The number of carbonyl (C=O) groups is 2. The Kier molecular flexibility index (Phi) is 7.12. The number of nitrogens with zero attached hydrogens (tertiary/aromatic N) is 1. The maximum atomic E-state index is 13.0. The Balaban J connectivity index is 1.44. The van der Waals surface area contributed by atoms with Crippen LogP contribution in [0.2, 0.25) is 0 Å². The van der Waals surface area contributed by atoms with Crippen LogP contribution in [0.5, 0.6) is 11.5 Å². The van der Waals surface area contributed by atoms with Gasteiger partial charge in [0.1, 0.15) is 28.9 Å². The van der Waals surface area contributed by atoms with Crippen molar-refractivity contribution in [2.24, 2.45) is 0 Å². The summed E-state index contributed by atoms with van der Waals surface area (Å²) in [4.78, 5) is 28.2. The normalized spacial score (nSPS) is 10.9. The molecule has 0 amide bonds. The summed E-state index contributed by atoms with van der Waals surface area (Å²) in [5, 5.41) is 0.908. The standard InChI is InChI=1S/C29H26FNO3/c1-19-15-27-28(18-23(19)8-3-20(2)32)31-14-13-29(27)34-26-11-6-22(7-12-26)17-25(33)16-21-4-9-24(30)10-5-21/h4-7,9-15,18H,3,8,16-17H2,1-2H3. The Labute approximate surface area is 198 Å². The van der Waals surface area contributed by atoms with Crippen LogP contribution in [0.25, 0.3) is 10.9 Å². The molecule has 0 unspecified atom stereocenters. The van der Waals surface area contributed by atoms with E-state index in [-0.39, 0.29) is 23.8 Å². The number of pyridine rings is 1. The van der Waals surface area contributed by atoms with E-state index >= 15 is 0 Å². The largest absolute Gasteiger partial charge is 0.457 e. The van der Waals surface area contributed by atoms with Gasteiger partial charge in [0.25, 0.3) is 0 Å². The van der Waals surface area contributed by atoms with E-state index in [4.69, 9.17) is 4.74 Å². The lowest BCUT2D eigenvalue weighted by Crippen LogP contribution is -2.06. The molecule has 172 valence electrons. The number of ether oxygens (including phenoxy) is 1. The molecule has 34 heavy (non-hydrogen) atoms. The van der Waals surface area contributed by atoms with E-state index in [9.17, 15) is 14.0 Å². The van der Waals surface area contributed by atoms with Gasteiger partial charge in [0.05, 0.1) is 5.52 Å². The third-order valence-corrected chi connectivity index (χ3v) is 5.77. The number of ketones is 2. The van der Waals surface area contributed by atoms with Gasteiger partial charge in [0, 0.05) is 30.8 Å². The molecule has 4 rings (SSSR count). The number of aryl methyl sites for hydroxylation is 2. The van der Waals surface area contributed by atoms with Crippen molar-refractivity contribution in [1.82, 2.24) is 4.98 Å². The highest BCUT2D eigenvalue weighted by Crippen LogP contribution is 2.31. The van der Waals surface area contributed by atoms with E-state index in [0.29, 0.717) is 30.8 Å². The molecular formula is C29H26FNO3. The van der Waals surface area contributed by atoms with Crippen molar-refractivity contribution < 1.29 is 18.7 Å². The monoisotopic (exact) mass is 455 g/mol. The molecule has 0 aliphatic heterocycles. The van der Waals surface area contributed by atoms with Crippen LogP contribution in [0.15, 0.2) is 72.9 Å². The Morgan fingerprint density at radius 2 is 1.56 bits per heavy atom. The summed E-state index contributed by atoms with van der Waals surface area (Å²) in [6.45, 7) is 3.64. The van der Waals surface area contributed by atoms with Crippen molar-refractivity contribution in [3.05, 3.63) is 101 Å². The van der Waals surface area contributed by atoms with Crippen molar-refractivity contribution in [2.75, 3.05) is 0 Å². The molecule has 0 aliphatic carbocycles. The molecule has 5 heteroatoms. The second kappa shape index (κ2) is 10.4. The zero-order valence-corrected chi connectivity index (χ0v) is 19.3. The molecule has 0 bridgehead atoms. The molecule has 4 aromatic rings. The van der Waals surface area contributed by atoms with Crippen LogP contribution in [-0.4, -0.2) is 16.6 Å². The van der Waals surface area contributed by atoms with Crippen molar-refractivity contribution in [2.45, 2.75) is 39.5 Å². The molecule has 0 spiro atoms. The maximum absolute atomic E-state index is 13.0. The van der Waals surface area contributed by atoms with E-state index in [2.05, 4.69) is 11.1 Å². The van der Waals surface area contributed by atoms with Gasteiger partial charge in [-0.3, -0.25) is 9.78 Å². The summed E-state index contributed by atoms with van der Waals surface area (Å²) >= 11 is 0. The van der Waals surface area contributed by atoms with Crippen molar-refractivity contribution in [3.8, 4) is 11.5 Å². The van der Waals surface area contributed by atoms with Gasteiger partial charge in [-0.2, -0.15) is 0 Å². The van der Waals surface area contributed by atoms with Crippen LogP contribution in [0, 0.1) is 12.7 Å². The SMILES string of the molecule is CC(=O)CCc1cc2nccc(Oc3ccc(CC(=O)Cc4ccc(F)cc4)cc3)c2cc1C. The number of carbonyl (C=O) groups excluding carboxylic acids is 2. The highest BCUT2D eigenvalue weighted by Gasteiger charge is 2.10. The van der Waals surface area contributed by atoms with Gasteiger partial charge in [-0.25, -0.2) is 4.39 Å². The minimum Gasteiger partial charge on any atom is -0.457 e.